The molecule has 5 rings (SSSR count). The van der Waals surface area contributed by atoms with Crippen molar-refractivity contribution < 1.29 is 23.5 Å². The van der Waals surface area contributed by atoms with Crippen molar-refractivity contribution >= 4 is 17.5 Å². The van der Waals surface area contributed by atoms with Gasteiger partial charge in [0.25, 0.3) is 5.91 Å². The van der Waals surface area contributed by atoms with E-state index in [-0.39, 0.29) is 18.4 Å². The van der Waals surface area contributed by atoms with Gasteiger partial charge >= 0.3 is 0 Å². The number of amides is 2. The molecule has 0 saturated carbocycles. The summed E-state index contributed by atoms with van der Waals surface area (Å²) < 4.78 is 24.9. The highest BCUT2D eigenvalue weighted by Gasteiger charge is 2.44. The van der Waals surface area contributed by atoms with Gasteiger partial charge in [-0.3, -0.25) is 9.59 Å². The van der Waals surface area contributed by atoms with E-state index in [2.05, 4.69) is 5.32 Å². The number of hydrogen-bond acceptors (Lipinski definition) is 4. The second-order valence-electron chi connectivity index (χ2n) is 8.98. The van der Waals surface area contributed by atoms with Gasteiger partial charge in [-0.05, 0) is 65.7 Å². The maximum absolute atomic E-state index is 13.9. The predicted molar refractivity (Wildman–Crippen MR) is 143 cm³/mol. The van der Waals surface area contributed by atoms with Gasteiger partial charge in [0.2, 0.25) is 5.91 Å². The lowest BCUT2D eigenvalue weighted by atomic mass is 9.79. The molecular formula is C31H27FN2O4. The summed E-state index contributed by atoms with van der Waals surface area (Å²) >= 11 is 0. The zero-order valence-corrected chi connectivity index (χ0v) is 20.8. The van der Waals surface area contributed by atoms with Crippen LogP contribution in [-0.2, 0) is 9.53 Å². The normalized spacial score (nSPS) is 16.6. The third kappa shape index (κ3) is 5.28. The molecule has 1 aliphatic rings. The zero-order valence-electron chi connectivity index (χ0n) is 20.8. The fourth-order valence-corrected chi connectivity index (χ4v) is 4.79. The summed E-state index contributed by atoms with van der Waals surface area (Å²) in [5.74, 6) is -0.245. The Morgan fingerprint density at radius 3 is 2.24 bits per heavy atom. The molecular weight excluding hydrogens is 483 g/mol. The van der Waals surface area contributed by atoms with Gasteiger partial charge in [-0.25, -0.2) is 4.39 Å². The Kier molecular flexibility index (Phi) is 7.47. The van der Waals surface area contributed by atoms with E-state index in [1.54, 1.807) is 66.6 Å². The third-order valence-corrected chi connectivity index (χ3v) is 6.57. The summed E-state index contributed by atoms with van der Waals surface area (Å²) in [6, 6.07) is 28.9. The summed E-state index contributed by atoms with van der Waals surface area (Å²) in [6.45, 7) is 0.573. The van der Waals surface area contributed by atoms with E-state index in [4.69, 9.17) is 9.47 Å². The van der Waals surface area contributed by atoms with Crippen LogP contribution in [0.5, 0.6) is 11.5 Å². The largest absolute Gasteiger partial charge is 0.457 e. The Morgan fingerprint density at radius 2 is 1.53 bits per heavy atom. The smallest absolute Gasteiger partial charge is 0.254 e. The van der Waals surface area contributed by atoms with E-state index in [1.165, 1.54) is 12.1 Å². The van der Waals surface area contributed by atoms with Crippen molar-refractivity contribution in [2.24, 2.45) is 0 Å². The van der Waals surface area contributed by atoms with Gasteiger partial charge in [0, 0.05) is 24.9 Å². The number of rotatable bonds is 8. The Balaban J connectivity index is 1.47. The molecule has 4 aromatic rings. The lowest BCUT2D eigenvalue weighted by Crippen LogP contribution is -2.47. The zero-order chi connectivity index (χ0) is 26.5. The first-order valence-corrected chi connectivity index (χ1v) is 12.3. The van der Waals surface area contributed by atoms with Crippen molar-refractivity contribution in [3.8, 4) is 11.5 Å². The minimum Gasteiger partial charge on any atom is -0.457 e. The van der Waals surface area contributed by atoms with Crippen LogP contribution in [0.2, 0.25) is 0 Å². The molecule has 1 N–H and O–H groups in total. The minimum absolute atomic E-state index is 0.196. The van der Waals surface area contributed by atoms with Crippen LogP contribution in [-0.4, -0.2) is 37.0 Å². The van der Waals surface area contributed by atoms with Gasteiger partial charge in [0.15, 0.2) is 0 Å². The standard InChI is InChI=1S/C31H27FN2O4/c1-37-20-19-34-29(21-11-13-22(32)14-12-21)28(26-9-5-6-10-27(26)31(34)36)30(35)33-23-15-17-25(18-16-23)38-24-7-3-2-4-8-24/h2-18,28-29H,19-20H2,1H3,(H,33,35)/t28-,29+/m0/s1. The Morgan fingerprint density at radius 1 is 0.868 bits per heavy atom. The maximum Gasteiger partial charge on any atom is 0.254 e. The molecule has 0 saturated heterocycles. The summed E-state index contributed by atoms with van der Waals surface area (Å²) in [5, 5.41) is 3.01. The fourth-order valence-electron chi connectivity index (χ4n) is 4.79. The van der Waals surface area contributed by atoms with E-state index in [0.29, 0.717) is 40.5 Å². The molecule has 0 radical (unpaired) electrons. The molecule has 2 atom stereocenters. The number of benzene rings is 4. The summed E-state index contributed by atoms with van der Waals surface area (Å²) in [6.07, 6.45) is 0. The molecule has 1 aliphatic heterocycles. The number of carbonyl (C=O) groups is 2. The number of halogens is 1. The quantitative estimate of drug-likeness (QED) is 0.307. The van der Waals surface area contributed by atoms with Crippen LogP contribution in [0, 0.1) is 5.82 Å². The van der Waals surface area contributed by atoms with Crippen LogP contribution in [0.25, 0.3) is 0 Å². The molecule has 0 spiro atoms. The second-order valence-corrected chi connectivity index (χ2v) is 8.98. The molecule has 38 heavy (non-hydrogen) atoms. The van der Waals surface area contributed by atoms with E-state index >= 15 is 0 Å². The average Bonchev–Trinajstić information content (AvgIpc) is 2.94. The number of nitrogens with zero attached hydrogens (tertiary/aromatic N) is 1. The number of fused-ring (bicyclic) bond motifs is 1. The number of ether oxygens (including phenoxy) is 2. The highest BCUT2D eigenvalue weighted by molar-refractivity contribution is 6.04. The van der Waals surface area contributed by atoms with Gasteiger partial charge in [0.05, 0.1) is 18.6 Å². The van der Waals surface area contributed by atoms with Crippen LogP contribution < -0.4 is 10.1 Å². The fraction of sp³-hybridized carbons (Fsp3) is 0.161. The number of anilines is 1. The van der Waals surface area contributed by atoms with Crippen molar-refractivity contribution in [1.29, 1.82) is 0 Å². The van der Waals surface area contributed by atoms with E-state index in [1.807, 2.05) is 36.4 Å². The molecule has 4 aromatic carbocycles. The molecule has 192 valence electrons. The first-order valence-electron chi connectivity index (χ1n) is 12.3. The molecule has 0 aliphatic carbocycles. The maximum atomic E-state index is 13.9. The number of para-hydroxylation sites is 1. The Labute approximate surface area is 220 Å². The van der Waals surface area contributed by atoms with E-state index in [0.717, 1.165) is 0 Å². The van der Waals surface area contributed by atoms with Gasteiger partial charge in [-0.2, -0.15) is 0 Å². The van der Waals surface area contributed by atoms with Crippen LogP contribution in [0.15, 0.2) is 103 Å². The molecule has 0 fully saturated rings. The van der Waals surface area contributed by atoms with Gasteiger partial charge in [0.1, 0.15) is 17.3 Å². The van der Waals surface area contributed by atoms with Crippen molar-refractivity contribution in [3.05, 3.63) is 126 Å². The van der Waals surface area contributed by atoms with Crippen molar-refractivity contribution in [2.45, 2.75) is 12.0 Å². The van der Waals surface area contributed by atoms with Gasteiger partial charge in [-0.1, -0.05) is 48.5 Å². The molecule has 0 unspecified atom stereocenters. The number of hydrogen-bond donors (Lipinski definition) is 1. The lowest BCUT2D eigenvalue weighted by molar-refractivity contribution is -0.119. The Bertz CT molecular complexity index is 1410. The molecule has 2 amide bonds. The van der Waals surface area contributed by atoms with E-state index < -0.39 is 17.8 Å². The van der Waals surface area contributed by atoms with Crippen LogP contribution in [0.4, 0.5) is 10.1 Å². The van der Waals surface area contributed by atoms with Gasteiger partial charge < -0.3 is 19.7 Å². The average molecular weight is 511 g/mol. The van der Waals surface area contributed by atoms with E-state index in [9.17, 15) is 14.0 Å². The van der Waals surface area contributed by atoms with Crippen molar-refractivity contribution in [3.63, 3.8) is 0 Å². The monoisotopic (exact) mass is 510 g/mol. The molecule has 7 heteroatoms. The number of methoxy groups -OCH3 is 1. The Hall–Kier alpha value is -4.49. The highest BCUT2D eigenvalue weighted by atomic mass is 19.1. The van der Waals surface area contributed by atoms with Crippen LogP contribution in [0.3, 0.4) is 0 Å². The highest BCUT2D eigenvalue weighted by Crippen LogP contribution is 2.43. The van der Waals surface area contributed by atoms with Gasteiger partial charge in [-0.15, -0.1) is 0 Å². The number of nitrogens with one attached hydrogen (secondary N) is 1. The summed E-state index contributed by atoms with van der Waals surface area (Å²) in [5.41, 5.74) is 2.35. The van der Waals surface area contributed by atoms with Crippen molar-refractivity contribution in [2.75, 3.05) is 25.6 Å². The minimum atomic E-state index is -0.730. The first kappa shape index (κ1) is 25.2. The van der Waals surface area contributed by atoms with Crippen molar-refractivity contribution in [1.82, 2.24) is 4.90 Å². The topological polar surface area (TPSA) is 67.9 Å². The third-order valence-electron chi connectivity index (χ3n) is 6.57. The van der Waals surface area contributed by atoms with Crippen LogP contribution >= 0.6 is 0 Å². The number of carbonyl (C=O) groups excluding carboxylic acids is 2. The summed E-state index contributed by atoms with van der Waals surface area (Å²) in [7, 11) is 1.56. The molecule has 1 heterocycles. The second kappa shape index (κ2) is 11.3. The van der Waals surface area contributed by atoms with Crippen LogP contribution in [0.1, 0.15) is 33.4 Å². The molecule has 0 bridgehead atoms. The first-order chi connectivity index (χ1) is 18.5. The molecule has 6 nitrogen and oxygen atoms in total. The lowest BCUT2D eigenvalue weighted by Gasteiger charge is -2.41. The molecule has 0 aromatic heterocycles. The SMILES string of the molecule is COCCN1C(=O)c2ccccc2[C@H](C(=O)Nc2ccc(Oc3ccccc3)cc2)[C@H]1c1ccc(F)cc1. The summed E-state index contributed by atoms with van der Waals surface area (Å²) in [4.78, 5) is 29.1. The predicted octanol–water partition coefficient (Wildman–Crippen LogP) is 6.18.